The van der Waals surface area contributed by atoms with Crippen molar-refractivity contribution in [1.82, 2.24) is 10.2 Å². The molecular formula is C17H26N2O. The van der Waals surface area contributed by atoms with E-state index in [-0.39, 0.29) is 0 Å². The van der Waals surface area contributed by atoms with Crippen LogP contribution in [0.3, 0.4) is 0 Å². The van der Waals surface area contributed by atoms with E-state index in [0.29, 0.717) is 11.6 Å². The molecule has 20 heavy (non-hydrogen) atoms. The van der Waals surface area contributed by atoms with Crippen LogP contribution in [0.4, 0.5) is 0 Å². The van der Waals surface area contributed by atoms with Crippen molar-refractivity contribution in [3.05, 3.63) is 29.3 Å². The maximum atomic E-state index is 6.01. The van der Waals surface area contributed by atoms with Crippen LogP contribution >= 0.6 is 0 Å². The van der Waals surface area contributed by atoms with Crippen molar-refractivity contribution in [2.75, 3.05) is 27.2 Å². The van der Waals surface area contributed by atoms with Gasteiger partial charge in [-0.05, 0) is 51.9 Å². The maximum absolute atomic E-state index is 6.01. The zero-order valence-electron chi connectivity index (χ0n) is 12.9. The molecule has 1 atom stereocenters. The van der Waals surface area contributed by atoms with Gasteiger partial charge in [-0.2, -0.15) is 0 Å². The van der Waals surface area contributed by atoms with E-state index < -0.39 is 0 Å². The fourth-order valence-corrected chi connectivity index (χ4v) is 3.40. The van der Waals surface area contributed by atoms with Crippen LogP contribution in [0.1, 0.15) is 30.4 Å². The third kappa shape index (κ3) is 2.57. The van der Waals surface area contributed by atoms with Crippen LogP contribution in [-0.4, -0.2) is 43.7 Å². The van der Waals surface area contributed by atoms with E-state index in [4.69, 9.17) is 4.74 Å². The first-order valence-electron chi connectivity index (χ1n) is 7.73. The highest BCUT2D eigenvalue weighted by Crippen LogP contribution is 2.35. The van der Waals surface area contributed by atoms with Crippen molar-refractivity contribution in [1.29, 1.82) is 0 Å². The molecule has 1 unspecified atom stereocenters. The fraction of sp³-hybridized carbons (Fsp3) is 0.647. The summed E-state index contributed by atoms with van der Waals surface area (Å²) < 4.78 is 6.01. The maximum Gasteiger partial charge on any atom is 0.123 e. The standard InChI is InChI=1S/C17H26N2O/c1-13-5-6-16-14(9-13)10-15(20-16)11-18-12-17(19(2)3)7-4-8-17/h5-6,9,15,18H,4,7-8,10-12H2,1-3H3. The number of likely N-dealkylation sites (N-methyl/N-ethyl adjacent to an activating group) is 1. The highest BCUT2D eigenvalue weighted by molar-refractivity contribution is 5.40. The summed E-state index contributed by atoms with van der Waals surface area (Å²) >= 11 is 0. The Labute approximate surface area is 122 Å². The summed E-state index contributed by atoms with van der Waals surface area (Å²) in [4.78, 5) is 2.39. The molecule has 3 rings (SSSR count). The van der Waals surface area contributed by atoms with Crippen molar-refractivity contribution >= 4 is 0 Å². The molecule has 2 aliphatic rings. The van der Waals surface area contributed by atoms with Crippen LogP contribution in [0.2, 0.25) is 0 Å². The van der Waals surface area contributed by atoms with Gasteiger partial charge in [0.05, 0.1) is 0 Å². The zero-order chi connectivity index (χ0) is 14.2. The molecule has 0 bridgehead atoms. The minimum atomic E-state index is 0.297. The molecule has 1 fully saturated rings. The van der Waals surface area contributed by atoms with Gasteiger partial charge >= 0.3 is 0 Å². The summed E-state index contributed by atoms with van der Waals surface area (Å²) in [5.41, 5.74) is 3.08. The van der Waals surface area contributed by atoms with E-state index in [0.717, 1.165) is 25.3 Å². The largest absolute Gasteiger partial charge is 0.488 e. The number of nitrogens with zero attached hydrogens (tertiary/aromatic N) is 1. The number of hydrogen-bond acceptors (Lipinski definition) is 3. The summed E-state index contributed by atoms with van der Waals surface area (Å²) in [7, 11) is 4.40. The zero-order valence-corrected chi connectivity index (χ0v) is 12.9. The van der Waals surface area contributed by atoms with Crippen LogP contribution in [0.15, 0.2) is 18.2 Å². The first-order valence-corrected chi connectivity index (χ1v) is 7.73. The molecule has 1 N–H and O–H groups in total. The number of fused-ring (bicyclic) bond motifs is 1. The average molecular weight is 274 g/mol. The molecule has 3 nitrogen and oxygen atoms in total. The van der Waals surface area contributed by atoms with Crippen LogP contribution in [0.25, 0.3) is 0 Å². The lowest BCUT2D eigenvalue weighted by molar-refractivity contribution is 0.0575. The lowest BCUT2D eigenvalue weighted by atomic mass is 9.75. The average Bonchev–Trinajstić information content (AvgIpc) is 2.73. The van der Waals surface area contributed by atoms with Gasteiger partial charge in [-0.1, -0.05) is 17.7 Å². The number of hydrogen-bond donors (Lipinski definition) is 1. The summed E-state index contributed by atoms with van der Waals surface area (Å²) in [6, 6.07) is 6.49. The normalized spacial score (nSPS) is 23.3. The summed E-state index contributed by atoms with van der Waals surface area (Å²) in [6.45, 7) is 4.17. The molecule has 0 saturated heterocycles. The van der Waals surface area contributed by atoms with Crippen LogP contribution in [0, 0.1) is 6.92 Å². The van der Waals surface area contributed by atoms with Crippen molar-refractivity contribution < 1.29 is 4.74 Å². The molecule has 1 saturated carbocycles. The molecule has 0 amide bonds. The number of nitrogens with one attached hydrogen (secondary N) is 1. The second kappa shape index (κ2) is 5.38. The Bertz CT molecular complexity index is 480. The highest BCUT2D eigenvalue weighted by Gasteiger charge is 2.38. The number of benzene rings is 1. The van der Waals surface area contributed by atoms with Crippen molar-refractivity contribution in [2.45, 2.75) is 44.2 Å². The van der Waals surface area contributed by atoms with Gasteiger partial charge in [0, 0.05) is 25.0 Å². The fourth-order valence-electron chi connectivity index (χ4n) is 3.40. The van der Waals surface area contributed by atoms with Crippen molar-refractivity contribution in [2.24, 2.45) is 0 Å². The SMILES string of the molecule is Cc1ccc2c(c1)CC(CNCC1(N(C)C)CCC1)O2. The van der Waals surface area contributed by atoms with E-state index >= 15 is 0 Å². The predicted octanol–water partition coefficient (Wildman–Crippen LogP) is 2.37. The molecule has 1 aliphatic heterocycles. The van der Waals surface area contributed by atoms with Gasteiger partial charge in [-0.15, -0.1) is 0 Å². The highest BCUT2D eigenvalue weighted by atomic mass is 16.5. The Hall–Kier alpha value is -1.06. The predicted molar refractivity (Wildman–Crippen MR) is 82.4 cm³/mol. The third-order valence-electron chi connectivity index (χ3n) is 5.02. The second-order valence-electron chi connectivity index (χ2n) is 6.66. The third-order valence-corrected chi connectivity index (χ3v) is 5.02. The van der Waals surface area contributed by atoms with Gasteiger partial charge < -0.3 is 15.0 Å². The molecule has 0 spiro atoms. The topological polar surface area (TPSA) is 24.5 Å². The van der Waals surface area contributed by atoms with Crippen molar-refractivity contribution in [3.63, 3.8) is 0 Å². The minimum absolute atomic E-state index is 0.297. The van der Waals surface area contributed by atoms with Crippen LogP contribution in [-0.2, 0) is 6.42 Å². The lowest BCUT2D eigenvalue weighted by Gasteiger charge is -2.47. The van der Waals surface area contributed by atoms with Crippen molar-refractivity contribution in [3.8, 4) is 5.75 Å². The number of aryl methyl sites for hydroxylation is 1. The summed E-state index contributed by atoms with van der Waals surface area (Å²) in [5, 5.41) is 3.63. The van der Waals surface area contributed by atoms with Gasteiger partial charge in [0.1, 0.15) is 11.9 Å². The van der Waals surface area contributed by atoms with Gasteiger partial charge in [0.25, 0.3) is 0 Å². The van der Waals surface area contributed by atoms with Gasteiger partial charge in [0.15, 0.2) is 0 Å². The molecule has 1 aromatic carbocycles. The van der Waals surface area contributed by atoms with Crippen LogP contribution in [0.5, 0.6) is 5.75 Å². The molecule has 0 radical (unpaired) electrons. The Morgan fingerprint density at radius 1 is 1.35 bits per heavy atom. The first kappa shape index (κ1) is 13.9. The molecule has 3 heteroatoms. The summed E-state index contributed by atoms with van der Waals surface area (Å²) in [5.74, 6) is 1.08. The van der Waals surface area contributed by atoms with Gasteiger partial charge in [0.2, 0.25) is 0 Å². The smallest absolute Gasteiger partial charge is 0.123 e. The van der Waals surface area contributed by atoms with E-state index in [1.165, 1.54) is 30.4 Å². The summed E-state index contributed by atoms with van der Waals surface area (Å²) in [6.07, 6.45) is 5.34. The van der Waals surface area contributed by atoms with E-state index in [1.807, 2.05) is 0 Å². The molecule has 110 valence electrons. The molecular weight excluding hydrogens is 248 g/mol. The monoisotopic (exact) mass is 274 g/mol. The van der Waals surface area contributed by atoms with E-state index in [1.54, 1.807) is 0 Å². The lowest BCUT2D eigenvalue weighted by Crippen LogP contribution is -2.57. The molecule has 1 aromatic rings. The number of ether oxygens (including phenoxy) is 1. The second-order valence-corrected chi connectivity index (χ2v) is 6.66. The minimum Gasteiger partial charge on any atom is -0.488 e. The number of rotatable bonds is 5. The Morgan fingerprint density at radius 2 is 2.15 bits per heavy atom. The quantitative estimate of drug-likeness (QED) is 0.892. The van der Waals surface area contributed by atoms with Gasteiger partial charge in [-0.25, -0.2) is 0 Å². The van der Waals surface area contributed by atoms with E-state index in [2.05, 4.69) is 49.4 Å². The first-order chi connectivity index (χ1) is 9.59. The van der Waals surface area contributed by atoms with E-state index in [9.17, 15) is 0 Å². The Morgan fingerprint density at radius 3 is 2.80 bits per heavy atom. The molecule has 1 heterocycles. The van der Waals surface area contributed by atoms with Crippen LogP contribution < -0.4 is 10.1 Å². The van der Waals surface area contributed by atoms with Gasteiger partial charge in [-0.3, -0.25) is 0 Å². The molecule has 1 aliphatic carbocycles. The Kier molecular flexibility index (Phi) is 3.74. The molecule has 0 aromatic heterocycles. The Balaban J connectivity index is 1.49.